The van der Waals surface area contributed by atoms with E-state index in [1.54, 1.807) is 0 Å². The van der Waals surface area contributed by atoms with Crippen molar-refractivity contribution in [3.8, 4) is 5.69 Å². The van der Waals surface area contributed by atoms with Gasteiger partial charge in [0.25, 0.3) is 0 Å². The summed E-state index contributed by atoms with van der Waals surface area (Å²) < 4.78 is 1.91. The number of benzene rings is 1. The Kier molecular flexibility index (Phi) is 3.45. The van der Waals surface area contributed by atoms with Crippen molar-refractivity contribution in [2.75, 3.05) is 0 Å². The topological polar surface area (TPSA) is 56.7 Å². The molecule has 0 saturated heterocycles. The molecule has 2 rings (SSSR count). The molecule has 0 fully saturated rings. The fourth-order valence-electron chi connectivity index (χ4n) is 2.24. The summed E-state index contributed by atoms with van der Waals surface area (Å²) in [5.41, 5.74) is 11.3. The molecule has 4 nitrogen and oxygen atoms in total. The van der Waals surface area contributed by atoms with Crippen molar-refractivity contribution in [2.24, 2.45) is 5.73 Å². The third-order valence-electron chi connectivity index (χ3n) is 3.38. The molecule has 1 aromatic carbocycles. The lowest BCUT2D eigenvalue weighted by Gasteiger charge is -2.21. The minimum Gasteiger partial charge on any atom is -0.325 e. The van der Waals surface area contributed by atoms with Gasteiger partial charge in [-0.2, -0.15) is 0 Å². The van der Waals surface area contributed by atoms with Gasteiger partial charge in [-0.15, -0.1) is 5.10 Å². The maximum atomic E-state index is 5.78. The van der Waals surface area contributed by atoms with Crippen LogP contribution in [0.4, 0.5) is 0 Å². The number of hydrogen-bond acceptors (Lipinski definition) is 3. The fourth-order valence-corrected chi connectivity index (χ4v) is 2.24. The van der Waals surface area contributed by atoms with Crippen LogP contribution >= 0.6 is 0 Å². The van der Waals surface area contributed by atoms with Crippen molar-refractivity contribution in [1.29, 1.82) is 0 Å². The first kappa shape index (κ1) is 13.7. The molecule has 102 valence electrons. The molecule has 0 spiro atoms. The van der Waals surface area contributed by atoms with Crippen LogP contribution in [0.1, 0.15) is 43.3 Å². The Morgan fingerprint density at radius 3 is 2.37 bits per heavy atom. The summed E-state index contributed by atoms with van der Waals surface area (Å²) in [5.74, 6) is 0. The normalized spacial score (nSPS) is 11.9. The first-order chi connectivity index (χ1) is 8.84. The minimum absolute atomic E-state index is 0.0446. The molecule has 19 heavy (non-hydrogen) atoms. The van der Waals surface area contributed by atoms with E-state index in [0.717, 1.165) is 17.1 Å². The first-order valence-corrected chi connectivity index (χ1v) is 6.57. The minimum atomic E-state index is -0.0446. The number of hydrogen-bond donors (Lipinski definition) is 1. The molecule has 0 amide bonds. The van der Waals surface area contributed by atoms with E-state index in [1.165, 1.54) is 11.1 Å². The number of aryl methyl sites for hydroxylation is 2. The van der Waals surface area contributed by atoms with Gasteiger partial charge >= 0.3 is 0 Å². The largest absolute Gasteiger partial charge is 0.325 e. The summed E-state index contributed by atoms with van der Waals surface area (Å²) in [5, 5.41) is 8.50. The van der Waals surface area contributed by atoms with Crippen LogP contribution < -0.4 is 5.73 Å². The molecule has 0 saturated carbocycles. The van der Waals surface area contributed by atoms with Gasteiger partial charge in [-0.3, -0.25) is 0 Å². The van der Waals surface area contributed by atoms with Gasteiger partial charge in [0.2, 0.25) is 0 Å². The number of rotatable bonds is 2. The molecule has 2 aromatic rings. The second kappa shape index (κ2) is 4.78. The van der Waals surface area contributed by atoms with E-state index in [0.29, 0.717) is 6.54 Å². The summed E-state index contributed by atoms with van der Waals surface area (Å²) in [6.07, 6.45) is 0. The van der Waals surface area contributed by atoms with E-state index < -0.39 is 0 Å². The zero-order chi connectivity index (χ0) is 14.2. The highest BCUT2D eigenvalue weighted by Crippen LogP contribution is 2.27. The van der Waals surface area contributed by atoms with Gasteiger partial charge in [0.15, 0.2) is 0 Å². The van der Waals surface area contributed by atoms with Crippen LogP contribution in [-0.4, -0.2) is 15.0 Å². The highest BCUT2D eigenvalue weighted by Gasteiger charge is 2.25. The molecule has 2 N–H and O–H groups in total. The molecule has 0 radical (unpaired) electrons. The predicted molar refractivity (Wildman–Crippen MR) is 77.4 cm³/mol. The van der Waals surface area contributed by atoms with Gasteiger partial charge in [-0.25, -0.2) is 4.68 Å². The smallest absolute Gasteiger partial charge is 0.100 e. The third kappa shape index (κ3) is 2.54. The van der Waals surface area contributed by atoms with E-state index in [4.69, 9.17) is 5.73 Å². The molecular formula is C15H22N4. The predicted octanol–water partition coefficient (Wildman–Crippen LogP) is 2.64. The second-order valence-electron chi connectivity index (χ2n) is 6.02. The Morgan fingerprint density at radius 1 is 1.16 bits per heavy atom. The Bertz CT molecular complexity index is 591. The molecule has 1 aromatic heterocycles. The zero-order valence-electron chi connectivity index (χ0n) is 12.4. The highest BCUT2D eigenvalue weighted by atomic mass is 15.4. The molecule has 4 heteroatoms. The average molecular weight is 258 g/mol. The van der Waals surface area contributed by atoms with E-state index in [-0.39, 0.29) is 5.41 Å². The van der Waals surface area contributed by atoms with Crippen LogP contribution in [-0.2, 0) is 12.0 Å². The van der Waals surface area contributed by atoms with E-state index in [2.05, 4.69) is 63.1 Å². The molecular weight excluding hydrogens is 236 g/mol. The molecule has 0 aliphatic carbocycles. The van der Waals surface area contributed by atoms with Crippen molar-refractivity contribution in [3.05, 3.63) is 40.7 Å². The molecule has 0 aliphatic heterocycles. The molecule has 0 unspecified atom stereocenters. The van der Waals surface area contributed by atoms with Crippen LogP contribution in [0.25, 0.3) is 5.69 Å². The van der Waals surface area contributed by atoms with Gasteiger partial charge in [0.05, 0.1) is 11.4 Å². The quantitative estimate of drug-likeness (QED) is 0.901. The Morgan fingerprint density at radius 2 is 1.84 bits per heavy atom. The number of nitrogens with zero attached hydrogens (tertiary/aromatic N) is 3. The molecule has 0 bridgehead atoms. The van der Waals surface area contributed by atoms with Crippen molar-refractivity contribution < 1.29 is 0 Å². The van der Waals surface area contributed by atoms with Crippen molar-refractivity contribution in [1.82, 2.24) is 15.0 Å². The van der Waals surface area contributed by atoms with Crippen LogP contribution in [0.3, 0.4) is 0 Å². The number of aromatic nitrogens is 3. The van der Waals surface area contributed by atoms with Crippen molar-refractivity contribution in [3.63, 3.8) is 0 Å². The highest BCUT2D eigenvalue weighted by molar-refractivity contribution is 5.41. The Hall–Kier alpha value is -1.68. The first-order valence-electron chi connectivity index (χ1n) is 6.57. The Labute approximate surface area is 114 Å². The van der Waals surface area contributed by atoms with E-state index in [1.807, 2.05) is 4.68 Å². The van der Waals surface area contributed by atoms with Gasteiger partial charge in [-0.05, 0) is 37.1 Å². The summed E-state index contributed by atoms with van der Waals surface area (Å²) in [6, 6.07) is 6.33. The number of nitrogens with two attached hydrogens (primary N) is 1. The summed E-state index contributed by atoms with van der Waals surface area (Å²) in [6.45, 7) is 11.1. The van der Waals surface area contributed by atoms with E-state index >= 15 is 0 Å². The summed E-state index contributed by atoms with van der Waals surface area (Å²) >= 11 is 0. The summed E-state index contributed by atoms with van der Waals surface area (Å²) in [7, 11) is 0. The van der Waals surface area contributed by atoms with E-state index in [9.17, 15) is 0 Å². The Balaban J connectivity index is 2.62. The maximum absolute atomic E-state index is 5.78. The van der Waals surface area contributed by atoms with Crippen LogP contribution in [0.2, 0.25) is 0 Å². The molecule has 1 heterocycles. The average Bonchev–Trinajstić information content (AvgIpc) is 2.76. The zero-order valence-corrected chi connectivity index (χ0v) is 12.4. The lowest BCUT2D eigenvalue weighted by Crippen LogP contribution is -2.20. The fraction of sp³-hybridized carbons (Fsp3) is 0.467. The van der Waals surface area contributed by atoms with Gasteiger partial charge in [0.1, 0.15) is 5.69 Å². The third-order valence-corrected chi connectivity index (χ3v) is 3.38. The second-order valence-corrected chi connectivity index (χ2v) is 6.02. The lowest BCUT2D eigenvalue weighted by atomic mass is 9.90. The lowest BCUT2D eigenvalue weighted by molar-refractivity contribution is 0.537. The van der Waals surface area contributed by atoms with Crippen molar-refractivity contribution in [2.45, 2.75) is 46.6 Å². The van der Waals surface area contributed by atoms with Gasteiger partial charge < -0.3 is 5.73 Å². The molecule has 0 aliphatic rings. The summed E-state index contributed by atoms with van der Waals surface area (Å²) in [4.78, 5) is 0. The standard InChI is InChI=1S/C15H22N4/c1-10-6-7-12(8-11(10)2)19-14(15(3,4)5)13(9-16)17-18-19/h6-8H,9,16H2,1-5H3. The van der Waals surface area contributed by atoms with Gasteiger partial charge in [-0.1, -0.05) is 32.1 Å². The van der Waals surface area contributed by atoms with Crippen LogP contribution in [0.5, 0.6) is 0 Å². The molecule has 0 atom stereocenters. The maximum Gasteiger partial charge on any atom is 0.100 e. The van der Waals surface area contributed by atoms with Crippen LogP contribution in [0.15, 0.2) is 18.2 Å². The van der Waals surface area contributed by atoms with Crippen molar-refractivity contribution >= 4 is 0 Å². The SMILES string of the molecule is Cc1ccc(-n2nnc(CN)c2C(C)(C)C)cc1C. The van der Waals surface area contributed by atoms with Crippen LogP contribution in [0, 0.1) is 13.8 Å². The monoisotopic (exact) mass is 258 g/mol. The van der Waals surface area contributed by atoms with Gasteiger partial charge in [0, 0.05) is 12.0 Å².